The van der Waals surface area contributed by atoms with Gasteiger partial charge < -0.3 is 5.11 Å². The van der Waals surface area contributed by atoms with Crippen molar-refractivity contribution in [3.8, 4) is 5.75 Å². The van der Waals surface area contributed by atoms with E-state index in [1.807, 2.05) is 34.6 Å². The van der Waals surface area contributed by atoms with Gasteiger partial charge in [0.05, 0.1) is 0 Å². The Morgan fingerprint density at radius 1 is 0.806 bits per heavy atom. The maximum absolute atomic E-state index is 9.60. The van der Waals surface area contributed by atoms with Crippen LogP contribution in [0.4, 0.5) is 0 Å². The van der Waals surface area contributed by atoms with Gasteiger partial charge in [-0.2, -0.15) is 10.3 Å². The van der Waals surface area contributed by atoms with Gasteiger partial charge in [0.1, 0.15) is 17.9 Å². The number of nitrogens with one attached hydrogen (secondary N) is 2. The molecule has 0 aliphatic heterocycles. The normalized spacial score (nSPS) is 11.8. The van der Waals surface area contributed by atoms with Crippen molar-refractivity contribution in [1.29, 1.82) is 0 Å². The summed E-state index contributed by atoms with van der Waals surface area (Å²) in [5.74, 6) is 2.11. The molecule has 0 unspecified atom stereocenters. The number of phenolic OH excluding ortho intramolecular Hbond substituents is 1. The fourth-order valence-corrected chi connectivity index (χ4v) is 2.44. The van der Waals surface area contributed by atoms with E-state index in [2.05, 4.69) is 89.5 Å². The highest BCUT2D eigenvalue weighted by Gasteiger charge is 2.18. The number of aromatic nitrogens is 7. The van der Waals surface area contributed by atoms with Crippen molar-refractivity contribution in [3.63, 3.8) is 0 Å². The first-order valence-corrected chi connectivity index (χ1v) is 10.4. The van der Waals surface area contributed by atoms with E-state index in [1.165, 1.54) is 11.9 Å². The fraction of sp³-hybridized carbons (Fsp3) is 0.609. The van der Waals surface area contributed by atoms with Gasteiger partial charge in [-0.1, -0.05) is 79.7 Å². The van der Waals surface area contributed by atoms with Gasteiger partial charge in [0, 0.05) is 10.8 Å². The number of hydrogen-bond acceptors (Lipinski definition) is 6. The summed E-state index contributed by atoms with van der Waals surface area (Å²) in [7, 11) is 0. The van der Waals surface area contributed by atoms with Crippen LogP contribution in [0.5, 0.6) is 5.75 Å². The highest BCUT2D eigenvalue weighted by molar-refractivity contribution is 5.44. The molecule has 0 aliphatic rings. The monoisotopic (exact) mass is 429 g/mol. The molecule has 31 heavy (non-hydrogen) atoms. The molecule has 0 aliphatic carbocycles. The maximum atomic E-state index is 9.60. The average molecular weight is 430 g/mol. The number of hydrogen-bond donors (Lipinski definition) is 3. The number of benzene rings is 1. The lowest BCUT2D eigenvalue weighted by molar-refractivity contribution is 0.465. The molecule has 0 saturated heterocycles. The Morgan fingerprint density at radius 3 is 1.61 bits per heavy atom. The van der Waals surface area contributed by atoms with Gasteiger partial charge in [-0.3, -0.25) is 5.10 Å². The van der Waals surface area contributed by atoms with Gasteiger partial charge >= 0.3 is 0 Å². The summed E-state index contributed by atoms with van der Waals surface area (Å²) in [5.41, 5.74) is 3.46. The molecular formula is C23H39N7O. The molecule has 0 atom stereocenters. The average Bonchev–Trinajstić information content (AvgIpc) is 3.31. The minimum Gasteiger partial charge on any atom is -0.507 e. The minimum atomic E-state index is 0.00694. The molecule has 0 spiro atoms. The number of phenols is 1. The zero-order valence-corrected chi connectivity index (χ0v) is 20.9. The Morgan fingerprint density at radius 2 is 1.35 bits per heavy atom. The second-order valence-corrected chi connectivity index (χ2v) is 10.8. The Labute approximate surface area is 186 Å². The Hall–Kier alpha value is -2.77. The number of nitrogens with zero attached hydrogens (tertiary/aromatic N) is 5. The van der Waals surface area contributed by atoms with Crippen molar-refractivity contribution in [2.45, 2.75) is 92.4 Å². The second kappa shape index (κ2) is 10.0. The fourth-order valence-electron chi connectivity index (χ4n) is 2.44. The molecule has 3 N–H and O–H groups in total. The lowest BCUT2D eigenvalue weighted by atomic mass is 9.85. The highest BCUT2D eigenvalue weighted by atomic mass is 16.3. The Balaban J connectivity index is 0.000000239. The summed E-state index contributed by atoms with van der Waals surface area (Å²) in [4.78, 5) is 4.02. The molecule has 0 bridgehead atoms. The van der Waals surface area contributed by atoms with Gasteiger partial charge in [-0.15, -0.1) is 10.2 Å². The Bertz CT molecular complexity index is 843. The summed E-state index contributed by atoms with van der Waals surface area (Å²) in [6, 6.07) is 4.12. The van der Waals surface area contributed by atoms with Gasteiger partial charge in [0.15, 0.2) is 5.82 Å². The van der Waals surface area contributed by atoms with E-state index in [-0.39, 0.29) is 16.2 Å². The minimum absolute atomic E-state index is 0.00694. The van der Waals surface area contributed by atoms with Crippen molar-refractivity contribution in [2.24, 2.45) is 0 Å². The molecule has 3 aromatic rings. The second-order valence-electron chi connectivity index (χ2n) is 10.8. The number of aryl methyl sites for hydroxylation is 2. The van der Waals surface area contributed by atoms with Gasteiger partial charge in [0.25, 0.3) is 0 Å². The van der Waals surface area contributed by atoms with Crippen molar-refractivity contribution in [1.82, 2.24) is 35.8 Å². The number of H-pyrrole nitrogens is 2. The van der Waals surface area contributed by atoms with E-state index < -0.39 is 0 Å². The van der Waals surface area contributed by atoms with Crippen LogP contribution < -0.4 is 0 Å². The lowest BCUT2D eigenvalue weighted by Crippen LogP contribution is -2.13. The molecule has 172 valence electrons. The third-order valence-corrected chi connectivity index (χ3v) is 4.50. The van der Waals surface area contributed by atoms with Crippen LogP contribution in [-0.2, 0) is 16.2 Å². The Kier molecular flexibility index (Phi) is 8.49. The van der Waals surface area contributed by atoms with Gasteiger partial charge in [-0.05, 0) is 36.0 Å². The van der Waals surface area contributed by atoms with Crippen molar-refractivity contribution >= 4 is 0 Å². The third kappa shape index (κ3) is 8.47. The SMILES string of the molecule is CC(C)(C)c1ncn[nH]1.CC(C)(C)c1nn[nH]n1.Cc1cc(C(C)(C)C)cc(C)c1O. The van der Waals surface area contributed by atoms with Crippen LogP contribution in [0.25, 0.3) is 0 Å². The van der Waals surface area contributed by atoms with Crippen LogP contribution in [0.1, 0.15) is 90.7 Å². The summed E-state index contributed by atoms with van der Waals surface area (Å²) >= 11 is 0. The summed E-state index contributed by atoms with van der Waals surface area (Å²) in [5, 5.41) is 29.7. The van der Waals surface area contributed by atoms with E-state index in [0.717, 1.165) is 22.8 Å². The molecule has 2 aromatic heterocycles. The van der Waals surface area contributed by atoms with Crippen molar-refractivity contribution in [3.05, 3.63) is 46.8 Å². The van der Waals surface area contributed by atoms with E-state index in [9.17, 15) is 5.11 Å². The van der Waals surface area contributed by atoms with Gasteiger partial charge in [0.2, 0.25) is 0 Å². The highest BCUT2D eigenvalue weighted by Crippen LogP contribution is 2.29. The van der Waals surface area contributed by atoms with E-state index in [1.54, 1.807) is 0 Å². The number of rotatable bonds is 0. The molecule has 1 aromatic carbocycles. The first-order chi connectivity index (χ1) is 14.0. The topological polar surface area (TPSA) is 116 Å². The zero-order chi connectivity index (χ0) is 24.0. The standard InChI is InChI=1S/C12H18O.C6H11N3.C5H10N4/c1-8-6-10(12(3,4)5)7-9(2)11(8)13;1-6(2,3)5-7-4-8-9-5;1-5(2,3)4-6-8-9-7-4/h6-7,13H,1-5H3;4H,1-3H3,(H,7,8,9);1-3H3,(H,6,7,8,9). The summed E-state index contributed by atoms with van der Waals surface area (Å²) < 4.78 is 0. The van der Waals surface area contributed by atoms with E-state index >= 15 is 0 Å². The predicted octanol–water partition coefficient (Wildman–Crippen LogP) is 4.91. The quantitative estimate of drug-likeness (QED) is 0.468. The zero-order valence-electron chi connectivity index (χ0n) is 20.9. The van der Waals surface area contributed by atoms with Crippen LogP contribution in [0.3, 0.4) is 0 Å². The van der Waals surface area contributed by atoms with E-state index in [4.69, 9.17) is 0 Å². The van der Waals surface area contributed by atoms with E-state index in [0.29, 0.717) is 5.75 Å². The number of tetrazole rings is 1. The summed E-state index contributed by atoms with van der Waals surface area (Å²) in [6.45, 7) is 22.8. The molecule has 8 nitrogen and oxygen atoms in total. The maximum Gasteiger partial charge on any atom is 0.179 e. The van der Waals surface area contributed by atoms with Crippen LogP contribution in [0, 0.1) is 13.8 Å². The smallest absolute Gasteiger partial charge is 0.179 e. The molecule has 2 heterocycles. The van der Waals surface area contributed by atoms with Crippen LogP contribution in [0.15, 0.2) is 18.5 Å². The molecule has 0 fully saturated rings. The molecule has 8 heteroatoms. The van der Waals surface area contributed by atoms with Gasteiger partial charge in [-0.25, -0.2) is 4.98 Å². The first-order valence-electron chi connectivity index (χ1n) is 10.4. The van der Waals surface area contributed by atoms with Crippen molar-refractivity contribution < 1.29 is 5.11 Å². The largest absolute Gasteiger partial charge is 0.507 e. The predicted molar refractivity (Wildman–Crippen MR) is 124 cm³/mol. The summed E-state index contributed by atoms with van der Waals surface area (Å²) in [6.07, 6.45) is 1.53. The first kappa shape index (κ1) is 26.3. The van der Waals surface area contributed by atoms with Crippen molar-refractivity contribution in [2.75, 3.05) is 0 Å². The number of aromatic hydroxyl groups is 1. The van der Waals surface area contributed by atoms with Crippen LogP contribution in [-0.4, -0.2) is 40.9 Å². The molecule has 0 radical (unpaired) electrons. The number of aromatic amines is 2. The molecular weight excluding hydrogens is 390 g/mol. The molecule has 0 amide bonds. The third-order valence-electron chi connectivity index (χ3n) is 4.50. The van der Waals surface area contributed by atoms with Crippen LogP contribution in [0.2, 0.25) is 0 Å². The molecule has 3 rings (SSSR count). The lowest BCUT2D eigenvalue weighted by Gasteiger charge is -2.20. The molecule has 0 saturated carbocycles. The van der Waals surface area contributed by atoms with Crippen LogP contribution >= 0.6 is 0 Å².